The number of piperidine rings is 1. The Bertz CT molecular complexity index is 775. The highest BCUT2D eigenvalue weighted by atomic mass is 16.5. The van der Waals surface area contributed by atoms with Crippen molar-refractivity contribution >= 4 is 23.4 Å². The van der Waals surface area contributed by atoms with Gasteiger partial charge in [-0.25, -0.2) is 14.8 Å². The Morgan fingerprint density at radius 1 is 1.11 bits per heavy atom. The molecule has 2 aromatic rings. The molecule has 0 unspecified atom stereocenters. The molecule has 3 N–H and O–H groups in total. The van der Waals surface area contributed by atoms with Crippen LogP contribution in [0.4, 0.5) is 22.1 Å². The molecule has 1 fully saturated rings. The first-order valence-electron chi connectivity index (χ1n) is 9.67. The molecule has 2 amide bonds. The van der Waals surface area contributed by atoms with Gasteiger partial charge in [-0.1, -0.05) is 0 Å². The Balaban J connectivity index is 1.44. The SMILES string of the molecule is COc1ccc(NC(=O)NCCNc2cc(N3CCCCC3)nc(C)n2)cc1. The number of benzene rings is 1. The molecule has 1 aliphatic rings. The number of nitrogens with one attached hydrogen (secondary N) is 3. The van der Waals surface area contributed by atoms with Gasteiger partial charge in [0, 0.05) is 37.9 Å². The summed E-state index contributed by atoms with van der Waals surface area (Å²) in [6.45, 7) is 5.04. The zero-order valence-corrected chi connectivity index (χ0v) is 16.5. The van der Waals surface area contributed by atoms with Crippen molar-refractivity contribution < 1.29 is 9.53 Å². The number of hydrogen-bond donors (Lipinski definition) is 3. The van der Waals surface area contributed by atoms with Gasteiger partial charge in [0.25, 0.3) is 0 Å². The van der Waals surface area contributed by atoms with Crippen molar-refractivity contribution in [3.05, 3.63) is 36.2 Å². The second-order valence-corrected chi connectivity index (χ2v) is 6.74. The number of methoxy groups -OCH3 is 1. The maximum atomic E-state index is 12.0. The van der Waals surface area contributed by atoms with Crippen LogP contribution in [0, 0.1) is 6.92 Å². The van der Waals surface area contributed by atoms with E-state index in [2.05, 4.69) is 30.8 Å². The first-order chi connectivity index (χ1) is 13.6. The summed E-state index contributed by atoms with van der Waals surface area (Å²) in [5.74, 6) is 3.25. The minimum Gasteiger partial charge on any atom is -0.497 e. The molecule has 1 aliphatic heterocycles. The average molecular weight is 384 g/mol. The zero-order valence-electron chi connectivity index (χ0n) is 16.5. The summed E-state index contributed by atoms with van der Waals surface area (Å²) in [5.41, 5.74) is 0.712. The van der Waals surface area contributed by atoms with E-state index in [1.807, 2.05) is 13.0 Å². The van der Waals surface area contributed by atoms with Crippen molar-refractivity contribution in [1.29, 1.82) is 0 Å². The van der Waals surface area contributed by atoms with E-state index in [-0.39, 0.29) is 6.03 Å². The molecule has 28 heavy (non-hydrogen) atoms. The second-order valence-electron chi connectivity index (χ2n) is 6.74. The van der Waals surface area contributed by atoms with Gasteiger partial charge in [0.05, 0.1) is 7.11 Å². The lowest BCUT2D eigenvalue weighted by Gasteiger charge is -2.28. The van der Waals surface area contributed by atoms with Gasteiger partial charge in [0.1, 0.15) is 23.2 Å². The number of urea groups is 1. The van der Waals surface area contributed by atoms with E-state index in [1.54, 1.807) is 31.4 Å². The fourth-order valence-electron chi connectivity index (χ4n) is 3.14. The smallest absolute Gasteiger partial charge is 0.319 e. The summed E-state index contributed by atoms with van der Waals surface area (Å²) in [6.07, 6.45) is 3.70. The lowest BCUT2D eigenvalue weighted by Crippen LogP contribution is -2.33. The van der Waals surface area contributed by atoms with Crippen LogP contribution in [-0.2, 0) is 0 Å². The molecule has 0 saturated carbocycles. The van der Waals surface area contributed by atoms with E-state index in [0.29, 0.717) is 18.8 Å². The predicted octanol–water partition coefficient (Wildman–Crippen LogP) is 3.02. The van der Waals surface area contributed by atoms with E-state index in [9.17, 15) is 4.79 Å². The normalized spacial score (nSPS) is 13.7. The number of hydrogen-bond acceptors (Lipinski definition) is 6. The van der Waals surface area contributed by atoms with Crippen LogP contribution in [0.2, 0.25) is 0 Å². The Morgan fingerprint density at radius 2 is 1.86 bits per heavy atom. The summed E-state index contributed by atoms with van der Waals surface area (Å²) in [6, 6.07) is 8.92. The van der Waals surface area contributed by atoms with E-state index < -0.39 is 0 Å². The Labute approximate surface area is 165 Å². The Morgan fingerprint density at radius 3 is 2.57 bits per heavy atom. The van der Waals surface area contributed by atoms with Gasteiger partial charge in [0.15, 0.2) is 0 Å². The lowest BCUT2D eigenvalue weighted by molar-refractivity contribution is 0.252. The number of rotatable bonds is 7. The molecule has 0 radical (unpaired) electrons. The van der Waals surface area contributed by atoms with Crippen LogP contribution in [0.25, 0.3) is 0 Å². The fraction of sp³-hybridized carbons (Fsp3) is 0.450. The van der Waals surface area contributed by atoms with Crippen LogP contribution in [0.15, 0.2) is 30.3 Å². The molecule has 0 atom stereocenters. The monoisotopic (exact) mass is 384 g/mol. The van der Waals surface area contributed by atoms with Crippen LogP contribution in [-0.4, -0.2) is 49.3 Å². The van der Waals surface area contributed by atoms with Gasteiger partial charge in [0.2, 0.25) is 0 Å². The van der Waals surface area contributed by atoms with E-state index in [0.717, 1.165) is 36.3 Å². The number of anilines is 3. The summed E-state index contributed by atoms with van der Waals surface area (Å²) in [4.78, 5) is 23.3. The van der Waals surface area contributed by atoms with E-state index in [1.165, 1.54) is 19.3 Å². The van der Waals surface area contributed by atoms with Gasteiger partial charge < -0.3 is 25.6 Å². The lowest BCUT2D eigenvalue weighted by atomic mass is 10.1. The van der Waals surface area contributed by atoms with Crippen molar-refractivity contribution in [3.63, 3.8) is 0 Å². The number of carbonyl (C=O) groups excluding carboxylic acids is 1. The molecule has 1 saturated heterocycles. The van der Waals surface area contributed by atoms with Crippen molar-refractivity contribution in [3.8, 4) is 5.75 Å². The molecule has 8 nitrogen and oxygen atoms in total. The molecule has 1 aromatic carbocycles. The largest absolute Gasteiger partial charge is 0.497 e. The third-order valence-corrected chi connectivity index (χ3v) is 4.57. The molecule has 0 bridgehead atoms. The number of carbonyl (C=O) groups is 1. The summed E-state index contributed by atoms with van der Waals surface area (Å²) >= 11 is 0. The summed E-state index contributed by atoms with van der Waals surface area (Å²) < 4.78 is 5.10. The molecular weight excluding hydrogens is 356 g/mol. The quantitative estimate of drug-likeness (QED) is 0.636. The molecule has 0 aliphatic carbocycles. The van der Waals surface area contributed by atoms with Crippen molar-refractivity contribution in [2.75, 3.05) is 48.8 Å². The molecule has 3 rings (SSSR count). The highest BCUT2D eigenvalue weighted by Crippen LogP contribution is 2.20. The number of ether oxygens (including phenoxy) is 1. The molecule has 0 spiro atoms. The maximum Gasteiger partial charge on any atom is 0.319 e. The summed E-state index contributed by atoms with van der Waals surface area (Å²) in [7, 11) is 1.61. The van der Waals surface area contributed by atoms with Gasteiger partial charge in [-0.2, -0.15) is 0 Å². The van der Waals surface area contributed by atoms with Gasteiger partial charge in [-0.05, 0) is 50.5 Å². The number of nitrogens with zero attached hydrogens (tertiary/aromatic N) is 3. The standard InChI is InChI=1S/C20H28N6O2/c1-15-23-18(14-19(24-15)26-12-4-3-5-13-26)21-10-11-22-20(27)25-16-6-8-17(28-2)9-7-16/h6-9,14H,3-5,10-13H2,1-2H3,(H,21,23,24)(H2,22,25,27). The maximum absolute atomic E-state index is 12.0. The Kier molecular flexibility index (Phi) is 6.89. The van der Waals surface area contributed by atoms with Crippen LogP contribution in [0.5, 0.6) is 5.75 Å². The molecule has 150 valence electrons. The highest BCUT2D eigenvalue weighted by Gasteiger charge is 2.13. The van der Waals surface area contributed by atoms with Crippen LogP contribution in [0.3, 0.4) is 0 Å². The van der Waals surface area contributed by atoms with E-state index >= 15 is 0 Å². The predicted molar refractivity (Wildman–Crippen MR) is 111 cm³/mol. The van der Waals surface area contributed by atoms with Gasteiger partial charge >= 0.3 is 6.03 Å². The molecular formula is C20H28N6O2. The Hall–Kier alpha value is -3.03. The fourth-order valence-corrected chi connectivity index (χ4v) is 3.14. The molecule has 8 heteroatoms. The minimum atomic E-state index is -0.250. The topological polar surface area (TPSA) is 91.4 Å². The van der Waals surface area contributed by atoms with Gasteiger partial charge in [-0.3, -0.25) is 0 Å². The van der Waals surface area contributed by atoms with Crippen LogP contribution in [0.1, 0.15) is 25.1 Å². The first-order valence-corrected chi connectivity index (χ1v) is 9.67. The number of amides is 2. The average Bonchev–Trinajstić information content (AvgIpc) is 2.72. The minimum absolute atomic E-state index is 0.250. The third kappa shape index (κ3) is 5.73. The van der Waals surface area contributed by atoms with Crippen molar-refractivity contribution in [2.24, 2.45) is 0 Å². The van der Waals surface area contributed by atoms with Crippen LogP contribution >= 0.6 is 0 Å². The van der Waals surface area contributed by atoms with E-state index in [4.69, 9.17) is 4.74 Å². The molecule has 2 heterocycles. The highest BCUT2D eigenvalue weighted by molar-refractivity contribution is 5.89. The van der Waals surface area contributed by atoms with Gasteiger partial charge in [-0.15, -0.1) is 0 Å². The van der Waals surface area contributed by atoms with Crippen molar-refractivity contribution in [2.45, 2.75) is 26.2 Å². The van der Waals surface area contributed by atoms with Crippen molar-refractivity contribution in [1.82, 2.24) is 15.3 Å². The zero-order chi connectivity index (χ0) is 19.8. The number of aromatic nitrogens is 2. The summed E-state index contributed by atoms with van der Waals surface area (Å²) in [5, 5.41) is 8.87. The molecule has 1 aromatic heterocycles. The third-order valence-electron chi connectivity index (χ3n) is 4.57. The second kappa shape index (κ2) is 9.77. The first kappa shape index (κ1) is 19.7. The number of aryl methyl sites for hydroxylation is 1. The van der Waals surface area contributed by atoms with Crippen LogP contribution < -0.4 is 25.6 Å².